The number of rotatable bonds is 5. The molecule has 0 heterocycles. The maximum atomic E-state index is 11.6. The minimum Gasteiger partial charge on any atom is -0.396 e. The third-order valence-corrected chi connectivity index (χ3v) is 2.52. The predicted molar refractivity (Wildman–Crippen MR) is 69.6 cm³/mol. The average molecular weight is 233 g/mol. The zero-order chi connectivity index (χ0) is 12.7. The number of likely N-dealkylation sites (N-methyl/N-ethyl adjacent to an activating group) is 1. The monoisotopic (exact) mass is 233 g/mol. The lowest BCUT2D eigenvalue weighted by Gasteiger charge is -2.13. The van der Waals surface area contributed by atoms with E-state index in [9.17, 15) is 4.79 Å². The summed E-state index contributed by atoms with van der Waals surface area (Å²) < 4.78 is 0. The summed E-state index contributed by atoms with van der Waals surface area (Å²) in [5, 5.41) is 8.67. The largest absolute Gasteiger partial charge is 0.396 e. The summed E-state index contributed by atoms with van der Waals surface area (Å²) in [4.78, 5) is 13.2. The van der Waals surface area contributed by atoms with Crippen LogP contribution in [0.2, 0.25) is 0 Å². The highest BCUT2D eigenvalue weighted by Gasteiger charge is 2.03. The summed E-state index contributed by atoms with van der Waals surface area (Å²) in [5.74, 6) is -0.0426. The minimum atomic E-state index is -0.0426. The fourth-order valence-electron chi connectivity index (χ4n) is 1.39. The topological polar surface area (TPSA) is 40.5 Å². The van der Waals surface area contributed by atoms with Crippen LogP contribution in [-0.2, 0) is 4.79 Å². The number of nitrogens with zero attached hydrogens (tertiary/aromatic N) is 1. The van der Waals surface area contributed by atoms with Gasteiger partial charge in [-0.05, 0) is 25.0 Å². The lowest BCUT2D eigenvalue weighted by atomic mass is 10.1. The van der Waals surface area contributed by atoms with Gasteiger partial charge in [-0.3, -0.25) is 4.79 Å². The minimum absolute atomic E-state index is 0.0426. The van der Waals surface area contributed by atoms with E-state index in [2.05, 4.69) is 0 Å². The zero-order valence-corrected chi connectivity index (χ0v) is 10.4. The number of hydrogen-bond donors (Lipinski definition) is 1. The van der Waals surface area contributed by atoms with Gasteiger partial charge in [-0.15, -0.1) is 0 Å². The summed E-state index contributed by atoms with van der Waals surface area (Å²) in [5.41, 5.74) is 2.22. The van der Waals surface area contributed by atoms with Crippen molar-refractivity contribution < 1.29 is 9.90 Å². The molecule has 0 fully saturated rings. The number of amides is 1. The van der Waals surface area contributed by atoms with Crippen LogP contribution in [0, 0.1) is 6.92 Å². The van der Waals surface area contributed by atoms with Gasteiger partial charge in [0.25, 0.3) is 0 Å². The van der Waals surface area contributed by atoms with Crippen LogP contribution >= 0.6 is 0 Å². The van der Waals surface area contributed by atoms with Crippen LogP contribution in [0.4, 0.5) is 0 Å². The van der Waals surface area contributed by atoms with Crippen molar-refractivity contribution in [3.05, 3.63) is 41.5 Å². The quantitative estimate of drug-likeness (QED) is 0.788. The first-order chi connectivity index (χ1) is 8.13. The smallest absolute Gasteiger partial charge is 0.246 e. The molecule has 0 atom stereocenters. The van der Waals surface area contributed by atoms with E-state index in [1.54, 1.807) is 24.1 Å². The van der Waals surface area contributed by atoms with Crippen LogP contribution in [-0.4, -0.2) is 36.1 Å². The molecule has 1 N–H and O–H groups in total. The number of hydrogen-bond acceptors (Lipinski definition) is 2. The molecule has 0 aromatic heterocycles. The molecule has 1 rings (SSSR count). The molecule has 0 aliphatic rings. The Labute approximate surface area is 102 Å². The number of aryl methyl sites for hydroxylation is 1. The van der Waals surface area contributed by atoms with Gasteiger partial charge >= 0.3 is 0 Å². The van der Waals surface area contributed by atoms with E-state index in [4.69, 9.17) is 5.11 Å². The number of aliphatic hydroxyl groups is 1. The zero-order valence-electron chi connectivity index (χ0n) is 10.4. The Hall–Kier alpha value is -1.61. The normalized spacial score (nSPS) is 10.8. The number of aliphatic hydroxyl groups excluding tert-OH is 1. The molecule has 3 heteroatoms. The van der Waals surface area contributed by atoms with Crippen LogP contribution in [0.25, 0.3) is 6.08 Å². The van der Waals surface area contributed by atoms with E-state index < -0.39 is 0 Å². The predicted octanol–water partition coefficient (Wildman–Crippen LogP) is 1.85. The SMILES string of the molecule is Cc1ccc(/C=C/C(=O)N(C)CCCO)cc1. The van der Waals surface area contributed by atoms with E-state index in [1.807, 2.05) is 31.2 Å². The fraction of sp³-hybridized carbons (Fsp3) is 0.357. The molecule has 1 aromatic carbocycles. The summed E-state index contributed by atoms with van der Waals surface area (Å²) in [6, 6.07) is 7.99. The van der Waals surface area contributed by atoms with E-state index in [0.717, 1.165) is 5.56 Å². The molecule has 0 saturated heterocycles. The van der Waals surface area contributed by atoms with Crippen LogP contribution in [0.3, 0.4) is 0 Å². The van der Waals surface area contributed by atoms with Gasteiger partial charge in [-0.2, -0.15) is 0 Å². The highest BCUT2D eigenvalue weighted by atomic mass is 16.3. The Morgan fingerprint density at radius 3 is 2.59 bits per heavy atom. The Morgan fingerprint density at radius 2 is 2.00 bits per heavy atom. The third kappa shape index (κ3) is 4.83. The molecule has 0 spiro atoms. The highest BCUT2D eigenvalue weighted by molar-refractivity contribution is 5.91. The standard InChI is InChI=1S/C14H19NO2/c1-12-4-6-13(7-5-12)8-9-14(17)15(2)10-3-11-16/h4-9,16H,3,10-11H2,1-2H3/b9-8+. The summed E-state index contributed by atoms with van der Waals surface area (Å²) >= 11 is 0. The van der Waals surface area contributed by atoms with E-state index in [0.29, 0.717) is 13.0 Å². The Balaban J connectivity index is 2.52. The Morgan fingerprint density at radius 1 is 1.35 bits per heavy atom. The van der Waals surface area contributed by atoms with Gasteiger partial charge in [-0.25, -0.2) is 0 Å². The summed E-state index contributed by atoms with van der Waals surface area (Å²) in [6.45, 7) is 2.72. The van der Waals surface area contributed by atoms with Crippen molar-refractivity contribution in [1.82, 2.24) is 4.90 Å². The molecule has 0 saturated carbocycles. The first kappa shape index (κ1) is 13.5. The molecule has 0 aliphatic heterocycles. The maximum absolute atomic E-state index is 11.6. The van der Waals surface area contributed by atoms with Gasteiger partial charge in [0.15, 0.2) is 0 Å². The Bertz CT molecular complexity index is 382. The third-order valence-electron chi connectivity index (χ3n) is 2.52. The molecule has 17 heavy (non-hydrogen) atoms. The second kappa shape index (κ2) is 6.86. The molecule has 1 aromatic rings. The van der Waals surface area contributed by atoms with E-state index in [-0.39, 0.29) is 12.5 Å². The molecular weight excluding hydrogens is 214 g/mol. The molecule has 0 unspecified atom stereocenters. The molecule has 1 amide bonds. The molecule has 92 valence electrons. The van der Waals surface area contributed by atoms with Gasteiger partial charge in [0.05, 0.1) is 0 Å². The van der Waals surface area contributed by atoms with Crippen LogP contribution in [0.15, 0.2) is 30.3 Å². The van der Waals surface area contributed by atoms with Gasteiger partial charge in [-0.1, -0.05) is 29.8 Å². The first-order valence-electron chi connectivity index (χ1n) is 5.74. The average Bonchev–Trinajstić information content (AvgIpc) is 2.34. The molecule has 3 nitrogen and oxygen atoms in total. The van der Waals surface area contributed by atoms with E-state index >= 15 is 0 Å². The van der Waals surface area contributed by atoms with Gasteiger partial charge in [0.2, 0.25) is 5.91 Å². The second-order valence-electron chi connectivity index (χ2n) is 4.08. The first-order valence-corrected chi connectivity index (χ1v) is 5.74. The summed E-state index contributed by atoms with van der Waals surface area (Å²) in [7, 11) is 1.73. The van der Waals surface area contributed by atoms with Crippen molar-refractivity contribution in [2.24, 2.45) is 0 Å². The molecule has 0 aliphatic carbocycles. The van der Waals surface area contributed by atoms with Crippen molar-refractivity contribution in [1.29, 1.82) is 0 Å². The van der Waals surface area contributed by atoms with E-state index in [1.165, 1.54) is 5.56 Å². The van der Waals surface area contributed by atoms with Crippen molar-refractivity contribution in [2.45, 2.75) is 13.3 Å². The van der Waals surface area contributed by atoms with Crippen molar-refractivity contribution in [3.63, 3.8) is 0 Å². The Kier molecular flexibility index (Phi) is 5.43. The van der Waals surface area contributed by atoms with Crippen molar-refractivity contribution in [2.75, 3.05) is 20.2 Å². The van der Waals surface area contributed by atoms with Gasteiger partial charge in [0.1, 0.15) is 0 Å². The number of benzene rings is 1. The summed E-state index contributed by atoms with van der Waals surface area (Å²) in [6.07, 6.45) is 3.97. The van der Waals surface area contributed by atoms with Crippen LogP contribution < -0.4 is 0 Å². The molecular formula is C14H19NO2. The number of carbonyl (C=O) groups excluding carboxylic acids is 1. The molecule has 0 radical (unpaired) electrons. The lowest BCUT2D eigenvalue weighted by molar-refractivity contribution is -0.124. The highest BCUT2D eigenvalue weighted by Crippen LogP contribution is 2.05. The van der Waals surface area contributed by atoms with Crippen LogP contribution in [0.1, 0.15) is 17.5 Å². The maximum Gasteiger partial charge on any atom is 0.246 e. The fourth-order valence-corrected chi connectivity index (χ4v) is 1.39. The second-order valence-corrected chi connectivity index (χ2v) is 4.08. The number of carbonyl (C=O) groups is 1. The van der Waals surface area contributed by atoms with Crippen molar-refractivity contribution in [3.8, 4) is 0 Å². The van der Waals surface area contributed by atoms with Crippen LogP contribution in [0.5, 0.6) is 0 Å². The molecule has 0 bridgehead atoms. The van der Waals surface area contributed by atoms with Crippen molar-refractivity contribution >= 4 is 12.0 Å². The lowest BCUT2D eigenvalue weighted by Crippen LogP contribution is -2.26. The van der Waals surface area contributed by atoms with Gasteiger partial charge in [0, 0.05) is 26.3 Å². The van der Waals surface area contributed by atoms with Gasteiger partial charge < -0.3 is 10.0 Å².